The van der Waals surface area contributed by atoms with Gasteiger partial charge in [-0.3, -0.25) is 4.21 Å². The lowest BCUT2D eigenvalue weighted by Gasteiger charge is -2.08. The summed E-state index contributed by atoms with van der Waals surface area (Å²) < 4.78 is 37.0. The van der Waals surface area contributed by atoms with E-state index in [1.807, 2.05) is 0 Å². The monoisotopic (exact) mass is 326 g/mol. The van der Waals surface area contributed by atoms with Crippen LogP contribution in [0.1, 0.15) is 6.42 Å². The van der Waals surface area contributed by atoms with E-state index in [1.54, 1.807) is 6.26 Å². The van der Waals surface area contributed by atoms with Gasteiger partial charge in [0, 0.05) is 35.5 Å². The molecular formula is C9H15ClN4O3S2. The number of aromatic nitrogens is 1. The van der Waals surface area contributed by atoms with Crippen molar-refractivity contribution in [2.24, 2.45) is 5.84 Å². The fourth-order valence-electron chi connectivity index (χ4n) is 1.24. The summed E-state index contributed by atoms with van der Waals surface area (Å²) in [5.74, 6) is 5.78. The van der Waals surface area contributed by atoms with E-state index in [9.17, 15) is 12.6 Å². The Labute approximate surface area is 119 Å². The minimum atomic E-state index is -3.67. The molecule has 108 valence electrons. The fourth-order valence-corrected chi connectivity index (χ4v) is 3.12. The second-order valence-corrected chi connectivity index (χ2v) is 7.40. The number of hydrogen-bond acceptors (Lipinski definition) is 6. The van der Waals surface area contributed by atoms with E-state index in [2.05, 4.69) is 15.1 Å². The number of hydrazine groups is 1. The zero-order valence-electron chi connectivity index (χ0n) is 10.2. The number of nitrogens with one attached hydrogen (secondary N) is 2. The van der Waals surface area contributed by atoms with E-state index in [0.717, 1.165) is 6.20 Å². The Balaban J connectivity index is 2.72. The molecule has 4 N–H and O–H groups in total. The minimum Gasteiger partial charge on any atom is -0.307 e. The highest BCUT2D eigenvalue weighted by Gasteiger charge is 2.15. The predicted molar refractivity (Wildman–Crippen MR) is 75.8 cm³/mol. The quantitative estimate of drug-likeness (QED) is 0.371. The van der Waals surface area contributed by atoms with Gasteiger partial charge in [-0.1, -0.05) is 11.6 Å². The summed E-state index contributed by atoms with van der Waals surface area (Å²) in [6, 6.07) is 1.25. The Morgan fingerprint density at radius 3 is 2.74 bits per heavy atom. The number of nitrogens with two attached hydrogens (primary N) is 1. The first kappa shape index (κ1) is 16.3. The molecule has 0 saturated heterocycles. The summed E-state index contributed by atoms with van der Waals surface area (Å²) in [4.78, 5) is 3.74. The molecule has 7 nitrogen and oxygen atoms in total. The molecule has 1 aromatic heterocycles. The number of hydrogen-bond donors (Lipinski definition) is 3. The third kappa shape index (κ3) is 5.03. The number of rotatable bonds is 7. The van der Waals surface area contributed by atoms with Crippen LogP contribution in [0, 0.1) is 0 Å². The SMILES string of the molecule is CS(=O)CCCNS(=O)(=O)c1cnc(NN)c(Cl)c1. The Morgan fingerprint density at radius 1 is 1.53 bits per heavy atom. The first-order valence-electron chi connectivity index (χ1n) is 5.28. The average Bonchev–Trinajstić information content (AvgIpc) is 2.34. The van der Waals surface area contributed by atoms with Gasteiger partial charge in [-0.2, -0.15) is 0 Å². The van der Waals surface area contributed by atoms with Gasteiger partial charge in [-0.25, -0.2) is 24.0 Å². The molecule has 0 saturated carbocycles. The van der Waals surface area contributed by atoms with Crippen LogP contribution in [-0.4, -0.2) is 36.2 Å². The zero-order valence-corrected chi connectivity index (χ0v) is 12.6. The number of sulfonamides is 1. The van der Waals surface area contributed by atoms with Gasteiger partial charge in [0.25, 0.3) is 0 Å². The molecule has 0 aliphatic carbocycles. The van der Waals surface area contributed by atoms with Gasteiger partial charge in [-0.15, -0.1) is 0 Å². The van der Waals surface area contributed by atoms with Crippen molar-refractivity contribution in [1.29, 1.82) is 0 Å². The maximum atomic E-state index is 11.9. The summed E-state index contributed by atoms with van der Waals surface area (Å²) in [6.45, 7) is 0.205. The van der Waals surface area contributed by atoms with Gasteiger partial charge >= 0.3 is 0 Å². The number of anilines is 1. The van der Waals surface area contributed by atoms with E-state index in [-0.39, 0.29) is 22.3 Å². The first-order valence-corrected chi connectivity index (χ1v) is 8.87. The van der Waals surface area contributed by atoms with E-state index in [1.165, 1.54) is 6.07 Å². The van der Waals surface area contributed by atoms with E-state index in [4.69, 9.17) is 17.4 Å². The Morgan fingerprint density at radius 2 is 2.21 bits per heavy atom. The highest BCUT2D eigenvalue weighted by atomic mass is 35.5. The van der Waals surface area contributed by atoms with Gasteiger partial charge in [-0.05, 0) is 12.5 Å². The summed E-state index contributed by atoms with van der Waals surface area (Å²) in [5, 5.41) is 0.111. The lowest BCUT2D eigenvalue weighted by atomic mass is 10.5. The van der Waals surface area contributed by atoms with Gasteiger partial charge in [0.15, 0.2) is 5.82 Å². The number of nitrogens with zero attached hydrogens (tertiary/aromatic N) is 1. The van der Waals surface area contributed by atoms with Crippen LogP contribution in [0.3, 0.4) is 0 Å². The molecule has 0 aliphatic rings. The lowest BCUT2D eigenvalue weighted by molar-refractivity contribution is 0.580. The van der Waals surface area contributed by atoms with Crippen LogP contribution >= 0.6 is 11.6 Å². The van der Waals surface area contributed by atoms with Crippen molar-refractivity contribution in [3.63, 3.8) is 0 Å². The second-order valence-electron chi connectivity index (χ2n) is 3.67. The molecule has 10 heteroatoms. The molecule has 19 heavy (non-hydrogen) atoms. The zero-order chi connectivity index (χ0) is 14.5. The third-order valence-electron chi connectivity index (χ3n) is 2.16. The molecule has 0 radical (unpaired) electrons. The van der Waals surface area contributed by atoms with E-state index < -0.39 is 20.8 Å². The van der Waals surface area contributed by atoms with Gasteiger partial charge in [0.1, 0.15) is 4.90 Å². The molecule has 1 heterocycles. The molecule has 1 unspecified atom stereocenters. The molecule has 0 bridgehead atoms. The minimum absolute atomic E-state index is 0.0471. The third-order valence-corrected chi connectivity index (χ3v) is 4.74. The maximum absolute atomic E-state index is 11.9. The molecule has 0 spiro atoms. The molecule has 1 atom stereocenters. The summed E-state index contributed by atoms with van der Waals surface area (Å²) in [6.07, 6.45) is 3.21. The Bertz CT molecular complexity index is 565. The van der Waals surface area contributed by atoms with Gasteiger partial charge in [0.2, 0.25) is 10.0 Å². The van der Waals surface area contributed by atoms with E-state index in [0.29, 0.717) is 12.2 Å². The average molecular weight is 327 g/mol. The molecule has 1 aromatic rings. The van der Waals surface area contributed by atoms with Crippen molar-refractivity contribution in [1.82, 2.24) is 9.71 Å². The number of pyridine rings is 1. The van der Waals surface area contributed by atoms with Crippen LogP contribution in [0.2, 0.25) is 5.02 Å². The van der Waals surface area contributed by atoms with Crippen LogP contribution in [0.4, 0.5) is 5.82 Å². The first-order chi connectivity index (χ1) is 8.86. The Kier molecular flexibility index (Phi) is 6.14. The lowest BCUT2D eigenvalue weighted by Crippen LogP contribution is -2.26. The van der Waals surface area contributed by atoms with Crippen molar-refractivity contribution >= 4 is 38.2 Å². The molecule has 1 rings (SSSR count). The van der Waals surface area contributed by atoms with Crippen LogP contribution in [-0.2, 0) is 20.8 Å². The second kappa shape index (κ2) is 7.15. The van der Waals surface area contributed by atoms with Gasteiger partial charge < -0.3 is 5.43 Å². The van der Waals surface area contributed by atoms with Crippen molar-refractivity contribution in [2.45, 2.75) is 11.3 Å². The fraction of sp³-hybridized carbons (Fsp3) is 0.444. The highest BCUT2D eigenvalue weighted by Crippen LogP contribution is 2.21. The molecule has 0 aromatic carbocycles. The van der Waals surface area contributed by atoms with Crippen molar-refractivity contribution in [2.75, 3.05) is 24.0 Å². The molecular weight excluding hydrogens is 312 g/mol. The molecule has 0 aliphatic heterocycles. The van der Waals surface area contributed by atoms with Crippen LogP contribution < -0.4 is 16.0 Å². The smallest absolute Gasteiger partial charge is 0.242 e. The normalized spacial score (nSPS) is 13.2. The molecule has 0 amide bonds. The summed E-state index contributed by atoms with van der Waals surface area (Å²) >= 11 is 5.80. The highest BCUT2D eigenvalue weighted by molar-refractivity contribution is 7.89. The van der Waals surface area contributed by atoms with Crippen molar-refractivity contribution in [3.8, 4) is 0 Å². The summed E-state index contributed by atoms with van der Waals surface area (Å²) in [5.41, 5.74) is 2.25. The molecule has 0 fully saturated rings. The van der Waals surface area contributed by atoms with Crippen LogP contribution in [0.15, 0.2) is 17.2 Å². The van der Waals surface area contributed by atoms with Crippen molar-refractivity contribution in [3.05, 3.63) is 17.3 Å². The topological polar surface area (TPSA) is 114 Å². The van der Waals surface area contributed by atoms with E-state index >= 15 is 0 Å². The summed E-state index contributed by atoms with van der Waals surface area (Å²) in [7, 11) is -4.61. The van der Waals surface area contributed by atoms with Crippen LogP contribution in [0.5, 0.6) is 0 Å². The standard InChI is InChI=1S/C9H15ClN4O3S2/c1-18(15)4-2-3-13-19(16,17)7-5-8(10)9(14-11)12-6-7/h5-6,13H,2-4,11H2,1H3,(H,12,14). The number of nitrogen functional groups attached to an aromatic ring is 1. The predicted octanol–water partition coefficient (Wildman–Crippen LogP) is 0.0675. The Hall–Kier alpha value is -0.740. The maximum Gasteiger partial charge on any atom is 0.242 e. The largest absolute Gasteiger partial charge is 0.307 e. The van der Waals surface area contributed by atoms with Crippen LogP contribution in [0.25, 0.3) is 0 Å². The number of halogens is 1. The van der Waals surface area contributed by atoms with Crippen molar-refractivity contribution < 1.29 is 12.6 Å². The van der Waals surface area contributed by atoms with Gasteiger partial charge in [0.05, 0.1) is 5.02 Å².